The molecule has 8 heteroatoms. The number of halogens is 2. The number of amidine groups is 1. The van der Waals surface area contributed by atoms with Crippen LogP contribution in [0.2, 0.25) is 10.0 Å². The van der Waals surface area contributed by atoms with Gasteiger partial charge in [0.2, 0.25) is 0 Å². The summed E-state index contributed by atoms with van der Waals surface area (Å²) in [4.78, 5) is 12.3. The van der Waals surface area contributed by atoms with E-state index >= 15 is 0 Å². The van der Waals surface area contributed by atoms with E-state index in [4.69, 9.17) is 28.9 Å². The van der Waals surface area contributed by atoms with Crippen molar-refractivity contribution in [3.8, 4) is 0 Å². The fraction of sp³-hybridized carbons (Fsp3) is 0.0909. The second-order valence-electron chi connectivity index (χ2n) is 7.02. The van der Waals surface area contributed by atoms with Crippen molar-refractivity contribution in [2.24, 2.45) is 10.7 Å². The van der Waals surface area contributed by atoms with Gasteiger partial charge in [-0.3, -0.25) is 0 Å². The average Bonchev–Trinajstić information content (AvgIpc) is 3.19. The predicted octanol–water partition coefficient (Wildman–Crippen LogP) is 6.47. The van der Waals surface area contributed by atoms with Crippen LogP contribution in [0.15, 0.2) is 59.0 Å². The zero-order valence-corrected chi connectivity index (χ0v) is 18.3. The van der Waals surface area contributed by atoms with Crippen molar-refractivity contribution in [3.05, 3.63) is 74.5 Å². The normalized spacial score (nSPS) is 13.3. The van der Waals surface area contributed by atoms with Crippen molar-refractivity contribution >= 4 is 74.0 Å². The Morgan fingerprint density at radius 2 is 1.87 bits per heavy atom. The molecule has 0 bridgehead atoms. The lowest BCUT2D eigenvalue weighted by Gasteiger charge is -2.29. The van der Waals surface area contributed by atoms with Crippen LogP contribution in [0, 0.1) is 6.92 Å². The van der Waals surface area contributed by atoms with Gasteiger partial charge in [0.05, 0.1) is 16.3 Å². The van der Waals surface area contributed by atoms with Crippen molar-refractivity contribution in [2.75, 3.05) is 16.9 Å². The number of aryl methyl sites for hydroxylation is 1. The highest BCUT2D eigenvalue weighted by molar-refractivity contribution is 7.12. The lowest BCUT2D eigenvalue weighted by Crippen LogP contribution is -2.28. The molecule has 3 N–H and O–H groups in total. The zero-order chi connectivity index (χ0) is 20.8. The molecular weight excluding hydrogens is 437 g/mol. The van der Waals surface area contributed by atoms with E-state index in [1.54, 1.807) is 23.6 Å². The summed E-state index contributed by atoms with van der Waals surface area (Å²) in [5.74, 6) is 1.33. The first-order valence-corrected chi connectivity index (χ1v) is 10.9. The third kappa shape index (κ3) is 3.27. The lowest BCUT2D eigenvalue weighted by molar-refractivity contribution is 0.965. The van der Waals surface area contributed by atoms with Gasteiger partial charge in [0.15, 0.2) is 0 Å². The van der Waals surface area contributed by atoms with Gasteiger partial charge < -0.3 is 16.0 Å². The molecule has 1 aliphatic rings. The number of anilines is 4. The minimum absolute atomic E-state index is 0.477. The van der Waals surface area contributed by atoms with E-state index in [0.717, 1.165) is 44.1 Å². The van der Waals surface area contributed by atoms with Crippen LogP contribution in [0.5, 0.6) is 0 Å². The molecule has 0 saturated carbocycles. The first kappa shape index (κ1) is 19.2. The van der Waals surface area contributed by atoms with Crippen LogP contribution < -0.4 is 16.0 Å². The number of thiophene rings is 1. The number of fused-ring (bicyclic) bond motifs is 2. The van der Waals surface area contributed by atoms with E-state index < -0.39 is 0 Å². The minimum atomic E-state index is 0.477. The van der Waals surface area contributed by atoms with Crippen LogP contribution >= 0.6 is 34.5 Å². The largest absolute Gasteiger partial charge is 0.383 e. The van der Waals surface area contributed by atoms with Gasteiger partial charge in [0.25, 0.3) is 0 Å². The monoisotopic (exact) mass is 453 g/mol. The lowest BCUT2D eigenvalue weighted by atomic mass is 10.0. The van der Waals surface area contributed by atoms with Crippen molar-refractivity contribution in [3.63, 3.8) is 0 Å². The molecule has 3 heterocycles. The first-order chi connectivity index (χ1) is 14.5. The van der Waals surface area contributed by atoms with Crippen LogP contribution in [-0.4, -0.2) is 17.5 Å². The zero-order valence-electron chi connectivity index (χ0n) is 16.0. The predicted molar refractivity (Wildman–Crippen MR) is 128 cm³/mol. The highest BCUT2D eigenvalue weighted by atomic mass is 35.5. The van der Waals surface area contributed by atoms with Crippen molar-refractivity contribution in [2.45, 2.75) is 6.92 Å². The highest BCUT2D eigenvalue weighted by Gasteiger charge is 2.24. The maximum Gasteiger partial charge on any atom is 0.139 e. The van der Waals surface area contributed by atoms with E-state index in [9.17, 15) is 0 Å². The second-order valence-corrected chi connectivity index (χ2v) is 8.81. The van der Waals surface area contributed by atoms with Gasteiger partial charge in [-0.1, -0.05) is 35.3 Å². The van der Waals surface area contributed by atoms with Crippen LogP contribution in [0.25, 0.3) is 10.8 Å². The van der Waals surface area contributed by atoms with Gasteiger partial charge in [-0.15, -0.1) is 11.3 Å². The number of aliphatic imine (C=N–C) groups is 1. The minimum Gasteiger partial charge on any atom is -0.383 e. The highest BCUT2D eigenvalue weighted by Crippen LogP contribution is 2.41. The molecule has 0 atom stereocenters. The smallest absolute Gasteiger partial charge is 0.139 e. The number of pyridine rings is 1. The SMILES string of the molecule is Cc1ccc2c(Nc3cc(Cl)cc(Cl)c3)nccc2c1N1CN=C(N)c2sccc21. The Kier molecular flexibility index (Phi) is 4.77. The number of nitrogens with two attached hydrogens (primary N) is 1. The van der Waals surface area contributed by atoms with Crippen LogP contribution in [-0.2, 0) is 0 Å². The van der Waals surface area contributed by atoms with E-state index in [2.05, 4.69) is 45.3 Å². The third-order valence-electron chi connectivity index (χ3n) is 5.06. The third-order valence-corrected chi connectivity index (χ3v) is 6.43. The number of nitrogens with one attached hydrogen (secondary N) is 1. The van der Waals surface area contributed by atoms with Crippen LogP contribution in [0.4, 0.5) is 22.9 Å². The second kappa shape index (κ2) is 7.47. The van der Waals surface area contributed by atoms with Gasteiger partial charge in [0, 0.05) is 32.7 Å². The van der Waals surface area contributed by atoms with Gasteiger partial charge in [0.1, 0.15) is 18.3 Å². The molecule has 0 saturated heterocycles. The fourth-order valence-electron chi connectivity index (χ4n) is 3.76. The molecule has 150 valence electrons. The summed E-state index contributed by atoms with van der Waals surface area (Å²) in [5.41, 5.74) is 10.2. The van der Waals surface area contributed by atoms with E-state index in [0.29, 0.717) is 22.5 Å². The Morgan fingerprint density at radius 1 is 1.07 bits per heavy atom. The first-order valence-electron chi connectivity index (χ1n) is 9.28. The maximum atomic E-state index is 6.16. The van der Waals surface area contributed by atoms with Gasteiger partial charge in [-0.2, -0.15) is 0 Å². The maximum absolute atomic E-state index is 6.16. The Balaban J connectivity index is 1.65. The number of hydrogen-bond donors (Lipinski definition) is 2. The molecule has 30 heavy (non-hydrogen) atoms. The summed E-state index contributed by atoms with van der Waals surface area (Å²) < 4.78 is 0. The molecule has 2 aromatic carbocycles. The topological polar surface area (TPSA) is 66.5 Å². The number of nitrogens with zero attached hydrogens (tertiary/aromatic N) is 3. The molecule has 0 aliphatic carbocycles. The molecule has 2 aromatic heterocycles. The van der Waals surface area contributed by atoms with Crippen LogP contribution in [0.3, 0.4) is 0 Å². The number of benzene rings is 2. The summed E-state index contributed by atoms with van der Waals surface area (Å²) >= 11 is 13.9. The van der Waals surface area contributed by atoms with Crippen LogP contribution in [0.1, 0.15) is 10.4 Å². The number of aromatic nitrogens is 1. The van der Waals surface area contributed by atoms with E-state index in [-0.39, 0.29) is 0 Å². The summed E-state index contributed by atoms with van der Waals surface area (Å²) in [6.45, 7) is 2.58. The molecule has 4 aromatic rings. The molecular formula is C22H17Cl2N5S. The molecule has 0 amide bonds. The molecule has 5 rings (SSSR count). The van der Waals surface area contributed by atoms with E-state index in [1.165, 1.54) is 0 Å². The molecule has 0 radical (unpaired) electrons. The molecule has 0 fully saturated rings. The average molecular weight is 454 g/mol. The molecule has 5 nitrogen and oxygen atoms in total. The van der Waals surface area contributed by atoms with Crippen molar-refractivity contribution < 1.29 is 0 Å². The Morgan fingerprint density at radius 3 is 2.67 bits per heavy atom. The Bertz CT molecular complexity index is 1290. The summed E-state index contributed by atoms with van der Waals surface area (Å²) in [6.07, 6.45) is 1.80. The molecule has 1 aliphatic heterocycles. The summed E-state index contributed by atoms with van der Waals surface area (Å²) in [6, 6.07) is 13.6. The van der Waals surface area contributed by atoms with Gasteiger partial charge in [-0.25, -0.2) is 9.98 Å². The molecule has 0 unspecified atom stereocenters. The van der Waals surface area contributed by atoms with Crippen molar-refractivity contribution in [1.29, 1.82) is 0 Å². The number of rotatable bonds is 3. The van der Waals surface area contributed by atoms with E-state index in [1.807, 2.05) is 23.6 Å². The Labute approximate surface area is 187 Å². The van der Waals surface area contributed by atoms with Crippen molar-refractivity contribution in [1.82, 2.24) is 4.98 Å². The van der Waals surface area contributed by atoms with Gasteiger partial charge >= 0.3 is 0 Å². The quantitative estimate of drug-likeness (QED) is 0.372. The summed E-state index contributed by atoms with van der Waals surface area (Å²) in [5, 5.41) is 8.60. The molecule has 0 spiro atoms. The Hall–Kier alpha value is -2.80. The summed E-state index contributed by atoms with van der Waals surface area (Å²) in [7, 11) is 0. The fourth-order valence-corrected chi connectivity index (χ4v) is 5.10. The number of hydrogen-bond acceptors (Lipinski definition) is 6. The standard InChI is InChI=1S/C22H17Cl2N5S/c1-12-2-3-17-16(19(12)29-11-27-21(25)20-18(29)5-7-30-20)4-6-26-22(17)28-15-9-13(23)8-14(24)10-15/h2-10H,11H2,1H3,(H2,25,27)(H,26,28). The van der Waals surface area contributed by atoms with Gasteiger partial charge in [-0.05, 0) is 48.2 Å².